The van der Waals surface area contributed by atoms with E-state index in [0.29, 0.717) is 46.5 Å². The summed E-state index contributed by atoms with van der Waals surface area (Å²) in [5.41, 5.74) is 3.14. The van der Waals surface area contributed by atoms with E-state index in [-0.39, 0.29) is 34.8 Å². The van der Waals surface area contributed by atoms with Crippen molar-refractivity contribution < 1.29 is 41.8 Å². The first kappa shape index (κ1) is 36.3. The maximum Gasteiger partial charge on any atom is 0.416 e. The summed E-state index contributed by atoms with van der Waals surface area (Å²) in [5.74, 6) is -1.54. The van der Waals surface area contributed by atoms with Crippen LogP contribution in [-0.2, 0) is 22.1 Å². The molecular formula is C37H36F3N3O6. The minimum absolute atomic E-state index is 0.0836. The standard InChI is InChI=1S/C37H36F3N3O6/c1-21-18-26(36(47)48-6)19-22(2)33(21)49-31(44)9-7-8-24-11-17-30(29(20-24)35(46)43(4)5)42-34(45)28-16-10-23(3)41-32(28)25-12-14-27(15-13-25)37(38,39)40/h10-20H,7-9H2,1-6H3,(H,42,45). The van der Waals surface area contributed by atoms with Crippen molar-refractivity contribution in [3.05, 3.63) is 111 Å². The number of anilines is 1. The predicted molar refractivity (Wildman–Crippen MR) is 178 cm³/mol. The van der Waals surface area contributed by atoms with Gasteiger partial charge >= 0.3 is 18.1 Å². The molecule has 3 aromatic carbocycles. The summed E-state index contributed by atoms with van der Waals surface area (Å²) in [6, 6.07) is 15.7. The molecule has 0 saturated heterocycles. The molecule has 0 aliphatic rings. The van der Waals surface area contributed by atoms with E-state index in [1.807, 2.05) is 0 Å². The summed E-state index contributed by atoms with van der Waals surface area (Å²) in [4.78, 5) is 57.1. The summed E-state index contributed by atoms with van der Waals surface area (Å²) in [6.45, 7) is 5.17. The third-order valence-corrected chi connectivity index (χ3v) is 7.68. The minimum atomic E-state index is -4.51. The van der Waals surface area contributed by atoms with Crippen LogP contribution in [-0.4, -0.2) is 54.8 Å². The molecule has 0 aliphatic heterocycles. The van der Waals surface area contributed by atoms with E-state index in [9.17, 15) is 32.3 Å². The molecule has 1 N–H and O–H groups in total. The van der Waals surface area contributed by atoms with Crippen LogP contribution in [0.3, 0.4) is 0 Å². The molecule has 2 amide bonds. The van der Waals surface area contributed by atoms with Gasteiger partial charge in [0.05, 0.1) is 40.7 Å². The highest BCUT2D eigenvalue weighted by Crippen LogP contribution is 2.32. The molecule has 4 aromatic rings. The van der Waals surface area contributed by atoms with E-state index in [0.717, 1.165) is 17.7 Å². The number of ether oxygens (including phenoxy) is 2. The molecule has 0 fully saturated rings. The quantitative estimate of drug-likeness (QED) is 0.138. The number of carbonyl (C=O) groups excluding carboxylic acids is 4. The number of aromatic nitrogens is 1. The minimum Gasteiger partial charge on any atom is -0.465 e. The molecule has 0 bridgehead atoms. The molecule has 0 radical (unpaired) electrons. The maximum absolute atomic E-state index is 13.6. The van der Waals surface area contributed by atoms with Crippen LogP contribution in [0.25, 0.3) is 11.3 Å². The van der Waals surface area contributed by atoms with Crippen LogP contribution in [0.5, 0.6) is 5.75 Å². The average Bonchev–Trinajstić information content (AvgIpc) is 3.05. The lowest BCUT2D eigenvalue weighted by atomic mass is 10.0. The van der Waals surface area contributed by atoms with Crippen molar-refractivity contribution in [3.63, 3.8) is 0 Å². The maximum atomic E-state index is 13.6. The second-order valence-corrected chi connectivity index (χ2v) is 11.7. The summed E-state index contributed by atoms with van der Waals surface area (Å²) in [7, 11) is 4.44. The van der Waals surface area contributed by atoms with Crippen molar-refractivity contribution >= 4 is 29.4 Å². The molecule has 256 valence electrons. The number of carbonyl (C=O) groups is 4. The Bertz CT molecular complexity index is 1880. The zero-order valence-electron chi connectivity index (χ0n) is 27.9. The van der Waals surface area contributed by atoms with Gasteiger partial charge in [0.1, 0.15) is 5.75 Å². The molecule has 49 heavy (non-hydrogen) atoms. The van der Waals surface area contributed by atoms with E-state index in [2.05, 4.69) is 10.3 Å². The molecule has 4 rings (SSSR count). The lowest BCUT2D eigenvalue weighted by Gasteiger charge is -2.17. The number of pyridine rings is 1. The Hall–Kier alpha value is -5.52. The number of amides is 2. The van der Waals surface area contributed by atoms with Crippen LogP contribution in [0.1, 0.15) is 71.9 Å². The number of aryl methyl sites for hydroxylation is 4. The highest BCUT2D eigenvalue weighted by molar-refractivity contribution is 6.11. The third-order valence-electron chi connectivity index (χ3n) is 7.68. The van der Waals surface area contributed by atoms with Crippen LogP contribution in [0.15, 0.2) is 66.7 Å². The number of nitrogens with one attached hydrogen (secondary N) is 1. The highest BCUT2D eigenvalue weighted by Gasteiger charge is 2.30. The lowest BCUT2D eigenvalue weighted by Crippen LogP contribution is -2.24. The molecule has 12 heteroatoms. The number of hydrogen-bond donors (Lipinski definition) is 1. The fourth-order valence-electron chi connectivity index (χ4n) is 5.19. The molecule has 1 aromatic heterocycles. The van der Waals surface area contributed by atoms with Crippen molar-refractivity contribution in [2.45, 2.75) is 46.2 Å². The van der Waals surface area contributed by atoms with Gasteiger partial charge in [0.15, 0.2) is 0 Å². The highest BCUT2D eigenvalue weighted by atomic mass is 19.4. The van der Waals surface area contributed by atoms with Gasteiger partial charge in [-0.05, 0) is 98.8 Å². The molecule has 0 saturated carbocycles. The van der Waals surface area contributed by atoms with E-state index >= 15 is 0 Å². The first-order valence-corrected chi connectivity index (χ1v) is 15.3. The summed E-state index contributed by atoms with van der Waals surface area (Å²) in [5, 5.41) is 2.77. The van der Waals surface area contributed by atoms with Crippen LogP contribution in [0, 0.1) is 20.8 Å². The number of esters is 2. The van der Waals surface area contributed by atoms with Crippen LogP contribution in [0.4, 0.5) is 18.9 Å². The van der Waals surface area contributed by atoms with Gasteiger partial charge in [0, 0.05) is 31.8 Å². The number of rotatable bonds is 10. The van der Waals surface area contributed by atoms with E-state index in [1.165, 1.54) is 30.2 Å². The van der Waals surface area contributed by atoms with Crippen molar-refractivity contribution in [1.29, 1.82) is 0 Å². The van der Waals surface area contributed by atoms with Gasteiger partial charge in [-0.2, -0.15) is 13.2 Å². The van der Waals surface area contributed by atoms with Gasteiger partial charge in [0.2, 0.25) is 0 Å². The van der Waals surface area contributed by atoms with Crippen LogP contribution < -0.4 is 10.1 Å². The Kier molecular flexibility index (Phi) is 11.2. The van der Waals surface area contributed by atoms with Gasteiger partial charge in [0.25, 0.3) is 11.8 Å². The van der Waals surface area contributed by atoms with Crippen molar-refractivity contribution in [2.75, 3.05) is 26.5 Å². The van der Waals surface area contributed by atoms with E-state index < -0.39 is 29.6 Å². The topological polar surface area (TPSA) is 115 Å². The molecule has 0 atom stereocenters. The lowest BCUT2D eigenvalue weighted by molar-refractivity contribution is -0.137. The Morgan fingerprint density at radius 2 is 1.51 bits per heavy atom. The third kappa shape index (κ3) is 8.89. The number of benzene rings is 3. The first-order chi connectivity index (χ1) is 23.1. The molecule has 0 spiro atoms. The number of halogens is 3. The summed E-state index contributed by atoms with van der Waals surface area (Å²) in [6.07, 6.45) is -3.59. The zero-order chi connectivity index (χ0) is 36.0. The Morgan fingerprint density at radius 3 is 2.10 bits per heavy atom. The number of hydrogen-bond acceptors (Lipinski definition) is 7. The van der Waals surface area contributed by atoms with Gasteiger partial charge in [-0.3, -0.25) is 19.4 Å². The van der Waals surface area contributed by atoms with Gasteiger partial charge in [-0.25, -0.2) is 4.79 Å². The predicted octanol–water partition coefficient (Wildman–Crippen LogP) is 7.36. The Labute approximate surface area is 282 Å². The van der Waals surface area contributed by atoms with Crippen molar-refractivity contribution in [3.8, 4) is 17.0 Å². The largest absolute Gasteiger partial charge is 0.465 e. The van der Waals surface area contributed by atoms with Gasteiger partial charge in [-0.15, -0.1) is 0 Å². The van der Waals surface area contributed by atoms with E-state index in [1.54, 1.807) is 71.3 Å². The van der Waals surface area contributed by atoms with Gasteiger partial charge < -0.3 is 19.7 Å². The second-order valence-electron chi connectivity index (χ2n) is 11.7. The Morgan fingerprint density at radius 1 is 0.857 bits per heavy atom. The first-order valence-electron chi connectivity index (χ1n) is 15.3. The molecular weight excluding hydrogens is 639 g/mol. The van der Waals surface area contributed by atoms with E-state index in [4.69, 9.17) is 9.47 Å². The van der Waals surface area contributed by atoms with Crippen molar-refractivity contribution in [1.82, 2.24) is 9.88 Å². The van der Waals surface area contributed by atoms with Crippen molar-refractivity contribution in [2.24, 2.45) is 0 Å². The summed E-state index contributed by atoms with van der Waals surface area (Å²) < 4.78 is 49.8. The monoisotopic (exact) mass is 675 g/mol. The Balaban J connectivity index is 1.50. The van der Waals surface area contributed by atoms with Gasteiger partial charge in [-0.1, -0.05) is 18.2 Å². The van der Waals surface area contributed by atoms with Crippen LogP contribution >= 0.6 is 0 Å². The normalized spacial score (nSPS) is 11.1. The second kappa shape index (κ2) is 15.1. The zero-order valence-corrected chi connectivity index (χ0v) is 27.9. The molecule has 9 nitrogen and oxygen atoms in total. The van der Waals surface area contributed by atoms with Crippen LogP contribution in [0.2, 0.25) is 0 Å². The number of nitrogens with zero attached hydrogens (tertiary/aromatic N) is 2. The molecule has 0 unspecified atom stereocenters. The SMILES string of the molecule is COC(=O)c1cc(C)c(OC(=O)CCCc2ccc(NC(=O)c3ccc(C)nc3-c3ccc(C(F)(F)F)cc3)c(C(=O)N(C)C)c2)c(C)c1. The molecule has 1 heterocycles. The average molecular weight is 676 g/mol. The fourth-order valence-corrected chi connectivity index (χ4v) is 5.19. The number of methoxy groups -OCH3 is 1. The smallest absolute Gasteiger partial charge is 0.416 e. The fraction of sp³-hybridized carbons (Fsp3) is 0.270. The summed E-state index contributed by atoms with van der Waals surface area (Å²) >= 11 is 0. The number of alkyl halides is 3. The molecule has 0 aliphatic carbocycles.